The molecule has 0 atom stereocenters. The Balaban J connectivity index is 2.36. The summed E-state index contributed by atoms with van der Waals surface area (Å²) in [6, 6.07) is 11.5. The number of rotatable bonds is 4. The van der Waals surface area contributed by atoms with Gasteiger partial charge in [0.1, 0.15) is 5.75 Å². The molecule has 2 aromatic rings. The van der Waals surface area contributed by atoms with Gasteiger partial charge in [0, 0.05) is 16.4 Å². The van der Waals surface area contributed by atoms with Crippen LogP contribution in [0.15, 0.2) is 42.5 Å². The number of hydrogen-bond acceptors (Lipinski definition) is 3. The van der Waals surface area contributed by atoms with E-state index in [1.54, 1.807) is 36.4 Å². The van der Waals surface area contributed by atoms with Crippen LogP contribution in [0.3, 0.4) is 0 Å². The van der Waals surface area contributed by atoms with Gasteiger partial charge in [0.05, 0.1) is 4.92 Å². The molecule has 0 amide bonds. The van der Waals surface area contributed by atoms with Crippen LogP contribution in [0.5, 0.6) is 11.5 Å². The van der Waals surface area contributed by atoms with Gasteiger partial charge in [0.25, 0.3) is 0 Å². The van der Waals surface area contributed by atoms with Gasteiger partial charge >= 0.3 is 5.69 Å². The monoisotopic (exact) mass is 341 g/mol. The molecule has 0 heterocycles. The van der Waals surface area contributed by atoms with E-state index in [9.17, 15) is 10.1 Å². The van der Waals surface area contributed by atoms with Crippen LogP contribution in [-0.2, 0) is 5.33 Å². The maximum atomic E-state index is 11.0. The number of nitro benzene ring substituents is 1. The zero-order valence-corrected chi connectivity index (χ0v) is 12.0. The van der Waals surface area contributed by atoms with Crippen molar-refractivity contribution in [3.05, 3.63) is 63.2 Å². The molecule has 2 aromatic carbocycles. The Morgan fingerprint density at radius 3 is 2.68 bits per heavy atom. The molecule has 2 rings (SSSR count). The van der Waals surface area contributed by atoms with Gasteiger partial charge in [0.15, 0.2) is 0 Å². The second-order valence-electron chi connectivity index (χ2n) is 3.75. The summed E-state index contributed by atoms with van der Waals surface area (Å²) in [5, 5.41) is 12.1. The van der Waals surface area contributed by atoms with E-state index in [4.69, 9.17) is 16.3 Å². The summed E-state index contributed by atoms with van der Waals surface area (Å²) in [6.07, 6.45) is 0. The van der Waals surface area contributed by atoms with Gasteiger partial charge in [-0.05, 0) is 29.8 Å². The van der Waals surface area contributed by atoms with Crippen LogP contribution in [0, 0.1) is 10.1 Å². The second kappa shape index (κ2) is 6.04. The van der Waals surface area contributed by atoms with Crippen molar-refractivity contribution in [3.8, 4) is 11.5 Å². The Morgan fingerprint density at radius 1 is 1.26 bits per heavy atom. The van der Waals surface area contributed by atoms with E-state index in [-0.39, 0.29) is 11.4 Å². The lowest BCUT2D eigenvalue weighted by atomic mass is 10.2. The third kappa shape index (κ3) is 3.45. The summed E-state index contributed by atoms with van der Waals surface area (Å²) in [4.78, 5) is 10.6. The van der Waals surface area contributed by atoms with Crippen molar-refractivity contribution in [2.75, 3.05) is 0 Å². The smallest absolute Gasteiger partial charge is 0.311 e. The molecule has 0 unspecified atom stereocenters. The minimum absolute atomic E-state index is 0.0723. The lowest BCUT2D eigenvalue weighted by Crippen LogP contribution is -1.94. The van der Waals surface area contributed by atoms with Crippen molar-refractivity contribution >= 4 is 33.2 Å². The van der Waals surface area contributed by atoms with Crippen molar-refractivity contribution in [2.45, 2.75) is 5.33 Å². The fourth-order valence-electron chi connectivity index (χ4n) is 1.53. The molecule has 0 aliphatic carbocycles. The van der Waals surface area contributed by atoms with E-state index in [0.717, 1.165) is 5.56 Å². The van der Waals surface area contributed by atoms with Crippen LogP contribution in [0.2, 0.25) is 5.02 Å². The molecule has 4 nitrogen and oxygen atoms in total. The summed E-state index contributed by atoms with van der Waals surface area (Å²) in [5.41, 5.74) is 0.738. The van der Waals surface area contributed by atoms with E-state index >= 15 is 0 Å². The van der Waals surface area contributed by atoms with Crippen LogP contribution < -0.4 is 4.74 Å². The quantitative estimate of drug-likeness (QED) is 0.449. The zero-order valence-electron chi connectivity index (χ0n) is 9.68. The topological polar surface area (TPSA) is 52.4 Å². The van der Waals surface area contributed by atoms with Crippen LogP contribution >= 0.6 is 27.5 Å². The Hall–Kier alpha value is -1.59. The molecule has 0 aliphatic heterocycles. The first-order valence-corrected chi connectivity index (χ1v) is 6.87. The Morgan fingerprint density at radius 2 is 2.05 bits per heavy atom. The SMILES string of the molecule is O=[N+]([O-])c1cc(CBr)ccc1Oc1cccc(Cl)c1. The van der Waals surface area contributed by atoms with E-state index in [1.807, 2.05) is 0 Å². The molecule has 0 aromatic heterocycles. The minimum Gasteiger partial charge on any atom is -0.450 e. The molecule has 0 spiro atoms. The number of nitro groups is 1. The molecular weight excluding hydrogens is 334 g/mol. The highest BCUT2D eigenvalue weighted by Gasteiger charge is 2.16. The Labute approximate surface area is 123 Å². The van der Waals surface area contributed by atoms with E-state index in [0.29, 0.717) is 16.1 Å². The Kier molecular flexibility index (Phi) is 4.39. The van der Waals surface area contributed by atoms with Crippen molar-refractivity contribution in [2.24, 2.45) is 0 Å². The molecule has 0 fully saturated rings. The van der Waals surface area contributed by atoms with Gasteiger partial charge in [-0.2, -0.15) is 0 Å². The third-order valence-corrected chi connectivity index (χ3v) is 3.28. The fraction of sp³-hybridized carbons (Fsp3) is 0.0769. The lowest BCUT2D eigenvalue weighted by Gasteiger charge is -2.07. The van der Waals surface area contributed by atoms with Gasteiger partial charge in [0.2, 0.25) is 5.75 Å². The predicted molar refractivity (Wildman–Crippen MR) is 77.3 cm³/mol. The lowest BCUT2D eigenvalue weighted by molar-refractivity contribution is -0.385. The molecule has 0 N–H and O–H groups in total. The van der Waals surface area contributed by atoms with Crippen molar-refractivity contribution in [3.63, 3.8) is 0 Å². The molecular formula is C13H9BrClNO3. The average molecular weight is 343 g/mol. The van der Waals surface area contributed by atoms with Gasteiger partial charge in [-0.3, -0.25) is 10.1 Å². The van der Waals surface area contributed by atoms with Gasteiger partial charge in [-0.1, -0.05) is 39.7 Å². The summed E-state index contributed by atoms with van der Waals surface area (Å²) in [5.74, 6) is 0.652. The largest absolute Gasteiger partial charge is 0.450 e. The van der Waals surface area contributed by atoms with Crippen LogP contribution in [0.1, 0.15) is 5.56 Å². The van der Waals surface area contributed by atoms with E-state index in [1.165, 1.54) is 6.07 Å². The summed E-state index contributed by atoms with van der Waals surface area (Å²) in [7, 11) is 0. The number of nitrogens with zero attached hydrogens (tertiary/aromatic N) is 1. The standard InChI is InChI=1S/C13H9BrClNO3/c14-8-9-4-5-13(12(6-9)16(17)18)19-11-3-1-2-10(15)7-11/h1-7H,8H2. The molecule has 0 bridgehead atoms. The molecule has 6 heteroatoms. The number of ether oxygens (including phenoxy) is 1. The van der Waals surface area contributed by atoms with E-state index in [2.05, 4.69) is 15.9 Å². The van der Waals surface area contributed by atoms with E-state index < -0.39 is 4.92 Å². The van der Waals surface area contributed by atoms with Gasteiger partial charge in [-0.15, -0.1) is 0 Å². The van der Waals surface area contributed by atoms with Gasteiger partial charge in [-0.25, -0.2) is 0 Å². The number of halogens is 2. The highest BCUT2D eigenvalue weighted by atomic mass is 79.9. The van der Waals surface area contributed by atoms with Gasteiger partial charge < -0.3 is 4.74 Å². The van der Waals surface area contributed by atoms with Crippen molar-refractivity contribution < 1.29 is 9.66 Å². The van der Waals surface area contributed by atoms with Crippen molar-refractivity contribution in [1.29, 1.82) is 0 Å². The highest BCUT2D eigenvalue weighted by molar-refractivity contribution is 9.08. The number of benzene rings is 2. The first-order valence-electron chi connectivity index (χ1n) is 5.37. The normalized spacial score (nSPS) is 10.2. The van der Waals surface area contributed by atoms with Crippen molar-refractivity contribution in [1.82, 2.24) is 0 Å². The summed E-state index contributed by atoms with van der Waals surface area (Å²) >= 11 is 9.10. The number of alkyl halides is 1. The summed E-state index contributed by atoms with van der Waals surface area (Å²) in [6.45, 7) is 0. The second-order valence-corrected chi connectivity index (χ2v) is 4.75. The number of hydrogen-bond donors (Lipinski definition) is 0. The maximum Gasteiger partial charge on any atom is 0.311 e. The molecule has 0 radical (unpaired) electrons. The molecule has 98 valence electrons. The van der Waals surface area contributed by atoms with Crippen LogP contribution in [0.4, 0.5) is 5.69 Å². The molecule has 0 aliphatic rings. The molecule has 0 saturated carbocycles. The highest BCUT2D eigenvalue weighted by Crippen LogP contribution is 2.33. The van der Waals surface area contributed by atoms with Crippen LogP contribution in [0.25, 0.3) is 0 Å². The zero-order chi connectivity index (χ0) is 13.8. The summed E-state index contributed by atoms with van der Waals surface area (Å²) < 4.78 is 5.51. The Bertz CT molecular complexity index is 619. The fourth-order valence-corrected chi connectivity index (χ4v) is 2.06. The predicted octanol–water partition coefficient (Wildman–Crippen LogP) is 4.94. The average Bonchev–Trinajstić information content (AvgIpc) is 2.39. The third-order valence-electron chi connectivity index (χ3n) is 2.40. The first kappa shape index (κ1) is 13.8. The van der Waals surface area contributed by atoms with Crippen LogP contribution in [-0.4, -0.2) is 4.92 Å². The maximum absolute atomic E-state index is 11.0. The minimum atomic E-state index is -0.466. The molecule has 0 saturated heterocycles. The molecule has 19 heavy (non-hydrogen) atoms. The first-order chi connectivity index (χ1) is 9.10.